The molecule has 6 nitrogen and oxygen atoms in total. The predicted molar refractivity (Wildman–Crippen MR) is 109 cm³/mol. The minimum absolute atomic E-state index is 0.0647. The molecule has 1 atom stereocenters. The number of likely N-dealkylation sites (N-methyl/N-ethyl adjacent to an activating group) is 1. The molecule has 1 amide bonds. The second-order valence-corrected chi connectivity index (χ2v) is 8.68. The Kier molecular flexibility index (Phi) is 6.06. The molecule has 0 spiro atoms. The van der Waals surface area contributed by atoms with Gasteiger partial charge in [-0.2, -0.15) is 0 Å². The van der Waals surface area contributed by atoms with Crippen molar-refractivity contribution in [2.24, 2.45) is 0 Å². The highest BCUT2D eigenvalue weighted by Crippen LogP contribution is 2.32. The number of hydrogen-bond acceptors (Lipinski definition) is 5. The summed E-state index contributed by atoms with van der Waals surface area (Å²) >= 11 is 6.48. The van der Waals surface area contributed by atoms with Crippen molar-refractivity contribution in [1.82, 2.24) is 4.90 Å². The summed E-state index contributed by atoms with van der Waals surface area (Å²) in [5, 5.41) is 0.777. The van der Waals surface area contributed by atoms with Crippen molar-refractivity contribution < 1.29 is 14.3 Å². The summed E-state index contributed by atoms with van der Waals surface area (Å²) < 4.78 is 11.3. The van der Waals surface area contributed by atoms with E-state index < -0.39 is 5.60 Å². The molecule has 2 aliphatic heterocycles. The van der Waals surface area contributed by atoms with Crippen LogP contribution in [0.3, 0.4) is 0 Å². The lowest BCUT2D eigenvalue weighted by Crippen LogP contribution is -2.50. The number of halogens is 1. The van der Waals surface area contributed by atoms with Crippen molar-refractivity contribution in [2.45, 2.75) is 38.9 Å². The van der Waals surface area contributed by atoms with Crippen LogP contribution in [-0.4, -0.2) is 69.1 Å². The Morgan fingerprint density at radius 1 is 1.33 bits per heavy atom. The fraction of sp³-hybridized carbons (Fsp3) is 0.650. The zero-order valence-electron chi connectivity index (χ0n) is 16.7. The van der Waals surface area contributed by atoms with Crippen LogP contribution in [0.15, 0.2) is 18.2 Å². The molecule has 0 aliphatic carbocycles. The Hall–Kier alpha value is -1.66. The molecule has 7 heteroatoms. The maximum absolute atomic E-state index is 12.3. The van der Waals surface area contributed by atoms with Crippen molar-refractivity contribution in [1.29, 1.82) is 0 Å². The zero-order chi connectivity index (χ0) is 19.6. The molecule has 0 radical (unpaired) electrons. The maximum atomic E-state index is 12.3. The van der Waals surface area contributed by atoms with Crippen molar-refractivity contribution in [2.75, 3.05) is 56.2 Å². The van der Waals surface area contributed by atoms with Crippen LogP contribution < -0.4 is 9.80 Å². The van der Waals surface area contributed by atoms with E-state index in [0.29, 0.717) is 26.2 Å². The number of ether oxygens (including phenoxy) is 2. The molecule has 2 heterocycles. The molecule has 3 rings (SSSR count). The minimum Gasteiger partial charge on any atom is -0.444 e. The van der Waals surface area contributed by atoms with Gasteiger partial charge in [0.15, 0.2) is 0 Å². The Morgan fingerprint density at radius 2 is 2.07 bits per heavy atom. The SMILES string of the molecule is CN(CC1CN(C(=O)OC(C)(C)C)CCO1)c1ccc(N2CCC2)c(Cl)c1. The third-order valence-electron chi connectivity index (χ3n) is 4.84. The van der Waals surface area contributed by atoms with Gasteiger partial charge >= 0.3 is 6.09 Å². The van der Waals surface area contributed by atoms with Gasteiger partial charge in [0, 0.05) is 38.9 Å². The normalized spacial score (nSPS) is 20.3. The molecule has 0 aromatic heterocycles. The van der Waals surface area contributed by atoms with Crippen molar-refractivity contribution in [3.63, 3.8) is 0 Å². The van der Waals surface area contributed by atoms with Crippen LogP contribution in [0.1, 0.15) is 27.2 Å². The van der Waals surface area contributed by atoms with Gasteiger partial charge < -0.3 is 24.2 Å². The number of benzene rings is 1. The zero-order valence-corrected chi connectivity index (χ0v) is 17.5. The smallest absolute Gasteiger partial charge is 0.410 e. The van der Waals surface area contributed by atoms with E-state index in [1.165, 1.54) is 6.42 Å². The Morgan fingerprint density at radius 3 is 2.67 bits per heavy atom. The average Bonchev–Trinajstić information content (AvgIpc) is 2.53. The first-order valence-corrected chi connectivity index (χ1v) is 9.96. The molecule has 1 aromatic rings. The van der Waals surface area contributed by atoms with Crippen LogP contribution in [0.2, 0.25) is 5.02 Å². The van der Waals surface area contributed by atoms with E-state index in [9.17, 15) is 4.79 Å². The fourth-order valence-electron chi connectivity index (χ4n) is 3.28. The Labute approximate surface area is 167 Å². The van der Waals surface area contributed by atoms with Gasteiger partial charge in [0.1, 0.15) is 5.60 Å². The van der Waals surface area contributed by atoms with Gasteiger partial charge in [-0.3, -0.25) is 0 Å². The van der Waals surface area contributed by atoms with E-state index in [2.05, 4.69) is 21.9 Å². The molecular weight excluding hydrogens is 366 g/mol. The molecule has 2 saturated heterocycles. The van der Waals surface area contributed by atoms with Gasteiger partial charge in [0.2, 0.25) is 0 Å². The molecule has 150 valence electrons. The quantitative estimate of drug-likeness (QED) is 0.779. The highest BCUT2D eigenvalue weighted by Gasteiger charge is 2.29. The molecule has 0 saturated carbocycles. The number of amides is 1. The third kappa shape index (κ3) is 5.20. The van der Waals surface area contributed by atoms with Crippen LogP contribution in [0.4, 0.5) is 16.2 Å². The van der Waals surface area contributed by atoms with E-state index in [0.717, 1.165) is 29.5 Å². The lowest BCUT2D eigenvalue weighted by Gasteiger charge is -2.36. The predicted octanol–water partition coefficient (Wildman–Crippen LogP) is 3.62. The average molecular weight is 396 g/mol. The first-order valence-electron chi connectivity index (χ1n) is 9.58. The molecular formula is C20H30ClN3O3. The number of anilines is 2. The van der Waals surface area contributed by atoms with E-state index in [4.69, 9.17) is 21.1 Å². The topological polar surface area (TPSA) is 45.3 Å². The van der Waals surface area contributed by atoms with Gasteiger partial charge in [-0.05, 0) is 45.4 Å². The van der Waals surface area contributed by atoms with Crippen LogP contribution >= 0.6 is 11.6 Å². The third-order valence-corrected chi connectivity index (χ3v) is 5.14. The van der Waals surface area contributed by atoms with Crippen LogP contribution in [0.5, 0.6) is 0 Å². The van der Waals surface area contributed by atoms with E-state index in [1.807, 2.05) is 33.9 Å². The Balaban J connectivity index is 1.57. The molecule has 0 N–H and O–H groups in total. The number of carbonyl (C=O) groups excluding carboxylic acids is 1. The molecule has 2 aliphatic rings. The highest BCUT2D eigenvalue weighted by atomic mass is 35.5. The summed E-state index contributed by atoms with van der Waals surface area (Å²) in [5.41, 5.74) is 1.66. The van der Waals surface area contributed by atoms with Gasteiger partial charge in [-0.15, -0.1) is 0 Å². The van der Waals surface area contributed by atoms with Crippen LogP contribution in [-0.2, 0) is 9.47 Å². The summed E-state index contributed by atoms with van der Waals surface area (Å²) in [6.45, 7) is 10.1. The summed E-state index contributed by atoms with van der Waals surface area (Å²) in [5.74, 6) is 0. The number of morpholine rings is 1. The van der Waals surface area contributed by atoms with Crippen molar-refractivity contribution in [3.05, 3.63) is 23.2 Å². The largest absolute Gasteiger partial charge is 0.444 e. The second-order valence-electron chi connectivity index (χ2n) is 8.28. The summed E-state index contributed by atoms with van der Waals surface area (Å²) in [4.78, 5) is 18.4. The summed E-state index contributed by atoms with van der Waals surface area (Å²) in [6, 6.07) is 6.18. The molecule has 2 fully saturated rings. The molecule has 0 bridgehead atoms. The summed E-state index contributed by atoms with van der Waals surface area (Å²) in [7, 11) is 2.02. The Bertz CT molecular complexity index is 673. The lowest BCUT2D eigenvalue weighted by molar-refractivity contribution is -0.0387. The van der Waals surface area contributed by atoms with E-state index in [-0.39, 0.29) is 12.2 Å². The van der Waals surface area contributed by atoms with Crippen molar-refractivity contribution in [3.8, 4) is 0 Å². The number of hydrogen-bond donors (Lipinski definition) is 0. The molecule has 1 unspecified atom stereocenters. The second kappa shape index (κ2) is 8.15. The van der Waals surface area contributed by atoms with E-state index >= 15 is 0 Å². The standard InChI is InChI=1S/C20H30ClN3O3/c1-20(2,3)27-19(25)24-10-11-26-16(14-24)13-22(4)15-6-7-18(17(21)12-15)23-8-5-9-23/h6-7,12,16H,5,8-11,13-14H2,1-4H3. The van der Waals surface area contributed by atoms with Crippen LogP contribution in [0, 0.1) is 0 Å². The van der Waals surface area contributed by atoms with Gasteiger partial charge in [-0.25, -0.2) is 4.79 Å². The van der Waals surface area contributed by atoms with E-state index in [1.54, 1.807) is 4.90 Å². The van der Waals surface area contributed by atoms with Gasteiger partial charge in [0.25, 0.3) is 0 Å². The highest BCUT2D eigenvalue weighted by molar-refractivity contribution is 6.33. The first-order chi connectivity index (χ1) is 12.7. The number of rotatable bonds is 4. The van der Waals surface area contributed by atoms with Gasteiger partial charge in [0.05, 0.1) is 30.0 Å². The summed E-state index contributed by atoms with van der Waals surface area (Å²) in [6.07, 6.45) is 0.885. The number of nitrogens with zero attached hydrogens (tertiary/aromatic N) is 3. The monoisotopic (exact) mass is 395 g/mol. The van der Waals surface area contributed by atoms with Gasteiger partial charge in [-0.1, -0.05) is 11.6 Å². The fourth-order valence-corrected chi connectivity index (χ4v) is 3.57. The van der Waals surface area contributed by atoms with Crippen molar-refractivity contribution >= 4 is 29.1 Å². The number of carbonyl (C=O) groups is 1. The maximum Gasteiger partial charge on any atom is 0.410 e. The molecule has 27 heavy (non-hydrogen) atoms. The minimum atomic E-state index is -0.489. The van der Waals surface area contributed by atoms with Crippen LogP contribution in [0.25, 0.3) is 0 Å². The first kappa shape index (κ1) is 20.1. The lowest BCUT2D eigenvalue weighted by atomic mass is 10.1. The molecule has 1 aromatic carbocycles.